The maximum Gasteiger partial charge on any atom is 0.119 e. The lowest BCUT2D eigenvalue weighted by Gasteiger charge is -2.31. The van der Waals surface area contributed by atoms with Crippen LogP contribution in [0.25, 0.3) is 0 Å². The van der Waals surface area contributed by atoms with Gasteiger partial charge in [0.05, 0.1) is 6.10 Å². The Morgan fingerprint density at radius 2 is 1.95 bits per heavy atom. The Bertz CT molecular complexity index is 437. The van der Waals surface area contributed by atoms with Crippen molar-refractivity contribution in [2.24, 2.45) is 0 Å². The van der Waals surface area contributed by atoms with E-state index in [1.54, 1.807) is 0 Å². The van der Waals surface area contributed by atoms with Crippen molar-refractivity contribution in [2.75, 3.05) is 33.4 Å². The summed E-state index contributed by atoms with van der Waals surface area (Å²) in [4.78, 5) is 2.48. The number of nitrogens with zero attached hydrogens (tertiary/aromatic N) is 1. The first-order valence-electron chi connectivity index (χ1n) is 8.55. The fourth-order valence-corrected chi connectivity index (χ4v) is 3.32. The lowest BCUT2D eigenvalue weighted by molar-refractivity contribution is 0.0679. The minimum atomic E-state index is 0.283. The summed E-state index contributed by atoms with van der Waals surface area (Å²) < 4.78 is 11.4. The molecule has 0 bridgehead atoms. The van der Waals surface area contributed by atoms with Gasteiger partial charge in [0, 0.05) is 19.2 Å². The third-order valence-electron chi connectivity index (χ3n) is 4.75. The van der Waals surface area contributed by atoms with Gasteiger partial charge in [-0.3, -0.25) is 4.90 Å². The van der Waals surface area contributed by atoms with Crippen LogP contribution in [0.2, 0.25) is 0 Å². The number of hydrogen-bond acceptors (Lipinski definition) is 4. The second-order valence-electron chi connectivity index (χ2n) is 6.49. The molecule has 4 heteroatoms. The average Bonchev–Trinajstić information content (AvgIpc) is 3.08. The van der Waals surface area contributed by atoms with Crippen LogP contribution >= 0.6 is 0 Å². The molecule has 0 aromatic heterocycles. The normalized spacial score (nSPS) is 23.1. The summed E-state index contributed by atoms with van der Waals surface area (Å²) in [7, 11) is 2.23. The van der Waals surface area contributed by atoms with Gasteiger partial charge in [-0.25, -0.2) is 0 Å². The van der Waals surface area contributed by atoms with Crippen LogP contribution in [0.1, 0.15) is 31.2 Å². The first-order chi connectivity index (χ1) is 10.8. The highest BCUT2D eigenvalue weighted by atomic mass is 16.5. The SMILES string of the molecule is CN(Cc1ccc(OCC2CCCO2)cc1)C1CCNCC1. The van der Waals surface area contributed by atoms with Crippen LogP contribution in [-0.4, -0.2) is 50.4 Å². The maximum atomic E-state index is 5.82. The molecule has 122 valence electrons. The van der Waals surface area contributed by atoms with E-state index in [9.17, 15) is 0 Å². The lowest BCUT2D eigenvalue weighted by atomic mass is 10.0. The third kappa shape index (κ3) is 4.45. The van der Waals surface area contributed by atoms with Gasteiger partial charge in [0.2, 0.25) is 0 Å². The highest BCUT2D eigenvalue weighted by molar-refractivity contribution is 5.27. The molecule has 0 aliphatic carbocycles. The molecule has 2 saturated heterocycles. The Morgan fingerprint density at radius 1 is 1.18 bits per heavy atom. The van der Waals surface area contributed by atoms with Gasteiger partial charge in [0.25, 0.3) is 0 Å². The van der Waals surface area contributed by atoms with E-state index in [4.69, 9.17) is 9.47 Å². The van der Waals surface area contributed by atoms with E-state index >= 15 is 0 Å². The van der Waals surface area contributed by atoms with E-state index in [2.05, 4.69) is 41.5 Å². The molecule has 1 aromatic carbocycles. The van der Waals surface area contributed by atoms with Crippen LogP contribution in [0.3, 0.4) is 0 Å². The summed E-state index contributed by atoms with van der Waals surface area (Å²) in [6.07, 6.45) is 5.07. The molecule has 2 aliphatic rings. The van der Waals surface area contributed by atoms with Gasteiger partial charge < -0.3 is 14.8 Å². The Kier molecular flexibility index (Phi) is 5.70. The highest BCUT2D eigenvalue weighted by Gasteiger charge is 2.18. The quantitative estimate of drug-likeness (QED) is 0.875. The molecule has 2 heterocycles. The molecule has 2 aliphatic heterocycles. The molecular formula is C18H28N2O2. The predicted molar refractivity (Wildman–Crippen MR) is 88.3 cm³/mol. The Balaban J connectivity index is 1.45. The predicted octanol–water partition coefficient (Wildman–Crippen LogP) is 2.43. The highest BCUT2D eigenvalue weighted by Crippen LogP contribution is 2.18. The number of piperidine rings is 1. The summed E-state index contributed by atoms with van der Waals surface area (Å²) in [6.45, 7) is 4.86. The average molecular weight is 304 g/mol. The molecule has 22 heavy (non-hydrogen) atoms. The van der Waals surface area contributed by atoms with Crippen molar-refractivity contribution in [3.8, 4) is 5.75 Å². The third-order valence-corrected chi connectivity index (χ3v) is 4.75. The zero-order chi connectivity index (χ0) is 15.2. The molecule has 1 atom stereocenters. The molecule has 1 unspecified atom stereocenters. The molecule has 4 nitrogen and oxygen atoms in total. The Morgan fingerprint density at radius 3 is 2.64 bits per heavy atom. The second kappa shape index (κ2) is 7.95. The van der Waals surface area contributed by atoms with E-state index in [0.29, 0.717) is 12.6 Å². The van der Waals surface area contributed by atoms with Crippen molar-refractivity contribution in [3.05, 3.63) is 29.8 Å². The van der Waals surface area contributed by atoms with Crippen LogP contribution in [0.4, 0.5) is 0 Å². The molecule has 1 aromatic rings. The summed E-state index contributed by atoms with van der Waals surface area (Å²) in [6, 6.07) is 9.24. The van der Waals surface area contributed by atoms with Crippen LogP contribution < -0.4 is 10.1 Å². The number of ether oxygens (including phenoxy) is 2. The van der Waals surface area contributed by atoms with E-state index < -0.39 is 0 Å². The molecule has 0 radical (unpaired) electrons. The molecule has 3 rings (SSSR count). The minimum Gasteiger partial charge on any atom is -0.491 e. The lowest BCUT2D eigenvalue weighted by Crippen LogP contribution is -2.40. The summed E-state index contributed by atoms with van der Waals surface area (Å²) in [5, 5.41) is 3.42. The van der Waals surface area contributed by atoms with Crippen molar-refractivity contribution in [1.29, 1.82) is 0 Å². The van der Waals surface area contributed by atoms with Crippen LogP contribution in [0.15, 0.2) is 24.3 Å². The largest absolute Gasteiger partial charge is 0.491 e. The van der Waals surface area contributed by atoms with E-state index in [0.717, 1.165) is 44.8 Å². The van der Waals surface area contributed by atoms with Gasteiger partial charge in [-0.15, -0.1) is 0 Å². The maximum absolute atomic E-state index is 5.82. The Hall–Kier alpha value is -1.10. The van der Waals surface area contributed by atoms with E-state index in [1.165, 1.54) is 18.4 Å². The standard InChI is InChI=1S/C18H28N2O2/c1-20(16-8-10-19-11-9-16)13-15-4-6-17(7-5-15)22-14-18-3-2-12-21-18/h4-7,16,18-19H,2-3,8-14H2,1H3. The smallest absolute Gasteiger partial charge is 0.119 e. The summed E-state index contributed by atoms with van der Waals surface area (Å²) in [5.74, 6) is 0.948. The topological polar surface area (TPSA) is 33.7 Å². The molecule has 0 spiro atoms. The monoisotopic (exact) mass is 304 g/mol. The van der Waals surface area contributed by atoms with Gasteiger partial charge in [-0.05, 0) is 63.5 Å². The van der Waals surface area contributed by atoms with E-state index in [-0.39, 0.29) is 6.10 Å². The van der Waals surface area contributed by atoms with Crippen LogP contribution in [0.5, 0.6) is 5.75 Å². The zero-order valence-corrected chi connectivity index (χ0v) is 13.6. The molecular weight excluding hydrogens is 276 g/mol. The van der Waals surface area contributed by atoms with Crippen molar-refractivity contribution in [1.82, 2.24) is 10.2 Å². The summed E-state index contributed by atoms with van der Waals surface area (Å²) in [5.41, 5.74) is 1.35. The van der Waals surface area contributed by atoms with Crippen LogP contribution in [-0.2, 0) is 11.3 Å². The fourth-order valence-electron chi connectivity index (χ4n) is 3.32. The van der Waals surface area contributed by atoms with Gasteiger partial charge in [-0.1, -0.05) is 12.1 Å². The van der Waals surface area contributed by atoms with Crippen molar-refractivity contribution >= 4 is 0 Å². The second-order valence-corrected chi connectivity index (χ2v) is 6.49. The number of benzene rings is 1. The molecule has 1 N–H and O–H groups in total. The molecule has 0 amide bonds. The zero-order valence-electron chi connectivity index (χ0n) is 13.6. The first-order valence-corrected chi connectivity index (χ1v) is 8.55. The molecule has 2 fully saturated rings. The number of hydrogen-bond donors (Lipinski definition) is 1. The Labute approximate surface area is 133 Å². The van der Waals surface area contributed by atoms with Crippen molar-refractivity contribution in [3.63, 3.8) is 0 Å². The number of nitrogens with one attached hydrogen (secondary N) is 1. The van der Waals surface area contributed by atoms with E-state index in [1.807, 2.05) is 0 Å². The van der Waals surface area contributed by atoms with Crippen molar-refractivity contribution in [2.45, 2.75) is 44.4 Å². The first kappa shape index (κ1) is 15.8. The van der Waals surface area contributed by atoms with Crippen LogP contribution in [0, 0.1) is 0 Å². The summed E-state index contributed by atoms with van der Waals surface area (Å²) >= 11 is 0. The van der Waals surface area contributed by atoms with Gasteiger partial charge in [0.15, 0.2) is 0 Å². The number of rotatable bonds is 6. The van der Waals surface area contributed by atoms with Gasteiger partial charge in [0.1, 0.15) is 12.4 Å². The van der Waals surface area contributed by atoms with Gasteiger partial charge >= 0.3 is 0 Å². The van der Waals surface area contributed by atoms with Crippen molar-refractivity contribution < 1.29 is 9.47 Å². The molecule has 0 saturated carbocycles. The minimum absolute atomic E-state index is 0.283. The fraction of sp³-hybridized carbons (Fsp3) is 0.667. The van der Waals surface area contributed by atoms with Gasteiger partial charge in [-0.2, -0.15) is 0 Å².